The molecule has 2 heterocycles. The zero-order valence-corrected chi connectivity index (χ0v) is 12.7. The molecule has 19 heavy (non-hydrogen) atoms. The SMILES string of the molecule is CCC(C)(C)NC(=O)C1CCCN1C1CCNCC1. The van der Waals surface area contributed by atoms with Crippen LogP contribution in [0.3, 0.4) is 0 Å². The maximum Gasteiger partial charge on any atom is 0.237 e. The monoisotopic (exact) mass is 267 g/mol. The predicted octanol–water partition coefficient (Wildman–Crippen LogP) is 1.51. The Labute approximate surface area is 117 Å². The number of hydrogen-bond donors (Lipinski definition) is 2. The van der Waals surface area contributed by atoms with Crippen molar-refractivity contribution in [3.63, 3.8) is 0 Å². The number of nitrogens with one attached hydrogen (secondary N) is 2. The average Bonchev–Trinajstić information content (AvgIpc) is 2.88. The molecule has 2 aliphatic rings. The van der Waals surface area contributed by atoms with Crippen molar-refractivity contribution in [2.45, 2.75) is 70.5 Å². The average molecular weight is 267 g/mol. The minimum absolute atomic E-state index is 0.0839. The number of amides is 1. The Balaban J connectivity index is 1.95. The molecular weight excluding hydrogens is 238 g/mol. The molecule has 0 saturated carbocycles. The number of carbonyl (C=O) groups is 1. The van der Waals surface area contributed by atoms with Crippen LogP contribution >= 0.6 is 0 Å². The molecule has 4 heteroatoms. The fourth-order valence-electron chi connectivity index (χ4n) is 3.15. The van der Waals surface area contributed by atoms with Gasteiger partial charge in [0, 0.05) is 11.6 Å². The van der Waals surface area contributed by atoms with Gasteiger partial charge in [-0.05, 0) is 65.6 Å². The van der Waals surface area contributed by atoms with E-state index >= 15 is 0 Å². The molecule has 0 radical (unpaired) electrons. The Bertz CT molecular complexity index is 311. The Kier molecular flexibility index (Phi) is 4.85. The van der Waals surface area contributed by atoms with E-state index in [1.165, 1.54) is 12.8 Å². The second-order valence-electron chi connectivity index (χ2n) is 6.60. The summed E-state index contributed by atoms with van der Waals surface area (Å²) in [5.41, 5.74) is -0.0839. The third kappa shape index (κ3) is 3.69. The summed E-state index contributed by atoms with van der Waals surface area (Å²) in [7, 11) is 0. The van der Waals surface area contributed by atoms with E-state index < -0.39 is 0 Å². The molecule has 1 amide bonds. The molecule has 2 saturated heterocycles. The summed E-state index contributed by atoms with van der Waals surface area (Å²) in [4.78, 5) is 15.0. The molecule has 2 N–H and O–H groups in total. The Morgan fingerprint density at radius 1 is 1.32 bits per heavy atom. The van der Waals surface area contributed by atoms with E-state index in [1.807, 2.05) is 0 Å². The zero-order valence-electron chi connectivity index (χ0n) is 12.7. The van der Waals surface area contributed by atoms with Crippen LogP contribution in [0, 0.1) is 0 Å². The van der Waals surface area contributed by atoms with E-state index in [-0.39, 0.29) is 17.5 Å². The largest absolute Gasteiger partial charge is 0.350 e. The van der Waals surface area contributed by atoms with E-state index in [1.54, 1.807) is 0 Å². The van der Waals surface area contributed by atoms with Crippen molar-refractivity contribution in [3.05, 3.63) is 0 Å². The van der Waals surface area contributed by atoms with Crippen molar-refractivity contribution in [3.8, 4) is 0 Å². The fourth-order valence-corrected chi connectivity index (χ4v) is 3.15. The first kappa shape index (κ1) is 14.8. The van der Waals surface area contributed by atoms with Gasteiger partial charge in [0.2, 0.25) is 5.91 Å². The van der Waals surface area contributed by atoms with Gasteiger partial charge in [0.25, 0.3) is 0 Å². The summed E-state index contributed by atoms with van der Waals surface area (Å²) in [5.74, 6) is 0.239. The number of carbonyl (C=O) groups excluding carboxylic acids is 1. The van der Waals surface area contributed by atoms with Gasteiger partial charge in [0.15, 0.2) is 0 Å². The van der Waals surface area contributed by atoms with Gasteiger partial charge in [-0.1, -0.05) is 6.92 Å². The van der Waals surface area contributed by atoms with Crippen molar-refractivity contribution in [2.75, 3.05) is 19.6 Å². The van der Waals surface area contributed by atoms with Crippen molar-refractivity contribution >= 4 is 5.91 Å². The van der Waals surface area contributed by atoms with Gasteiger partial charge in [-0.15, -0.1) is 0 Å². The summed E-state index contributed by atoms with van der Waals surface area (Å²) >= 11 is 0. The van der Waals surface area contributed by atoms with Crippen LogP contribution in [0.5, 0.6) is 0 Å². The van der Waals surface area contributed by atoms with Crippen molar-refractivity contribution < 1.29 is 4.79 Å². The Hall–Kier alpha value is -0.610. The summed E-state index contributed by atoms with van der Waals surface area (Å²) in [5, 5.41) is 6.62. The molecule has 0 aromatic heterocycles. The van der Waals surface area contributed by atoms with Crippen molar-refractivity contribution in [2.24, 2.45) is 0 Å². The number of rotatable bonds is 4. The molecule has 2 fully saturated rings. The summed E-state index contributed by atoms with van der Waals surface area (Å²) in [6.07, 6.45) is 5.52. The topological polar surface area (TPSA) is 44.4 Å². The van der Waals surface area contributed by atoms with Crippen LogP contribution in [0.1, 0.15) is 52.9 Å². The molecule has 0 aliphatic carbocycles. The molecule has 1 atom stereocenters. The van der Waals surface area contributed by atoms with Crippen molar-refractivity contribution in [1.82, 2.24) is 15.5 Å². The van der Waals surface area contributed by atoms with E-state index in [9.17, 15) is 4.79 Å². The molecule has 0 spiro atoms. The lowest BCUT2D eigenvalue weighted by Gasteiger charge is -2.36. The highest BCUT2D eigenvalue weighted by atomic mass is 16.2. The van der Waals surface area contributed by atoms with Crippen LogP contribution in [0.15, 0.2) is 0 Å². The van der Waals surface area contributed by atoms with Gasteiger partial charge < -0.3 is 10.6 Å². The third-order valence-corrected chi connectivity index (χ3v) is 4.72. The number of piperidine rings is 1. The third-order valence-electron chi connectivity index (χ3n) is 4.72. The summed E-state index contributed by atoms with van der Waals surface area (Å²) in [6, 6.07) is 0.707. The number of hydrogen-bond acceptors (Lipinski definition) is 3. The van der Waals surface area contributed by atoms with E-state index in [4.69, 9.17) is 0 Å². The smallest absolute Gasteiger partial charge is 0.237 e. The molecule has 0 aromatic carbocycles. The lowest BCUT2D eigenvalue weighted by atomic mass is 10.00. The Morgan fingerprint density at radius 3 is 2.63 bits per heavy atom. The fraction of sp³-hybridized carbons (Fsp3) is 0.933. The first-order valence-electron chi connectivity index (χ1n) is 7.82. The van der Waals surface area contributed by atoms with Crippen LogP contribution in [0.2, 0.25) is 0 Å². The quantitative estimate of drug-likeness (QED) is 0.811. The van der Waals surface area contributed by atoms with Gasteiger partial charge >= 0.3 is 0 Å². The number of likely N-dealkylation sites (tertiary alicyclic amines) is 1. The highest BCUT2D eigenvalue weighted by molar-refractivity contribution is 5.82. The first-order valence-corrected chi connectivity index (χ1v) is 7.82. The highest BCUT2D eigenvalue weighted by Gasteiger charge is 2.36. The van der Waals surface area contributed by atoms with Gasteiger partial charge in [-0.3, -0.25) is 9.69 Å². The maximum absolute atomic E-state index is 12.5. The van der Waals surface area contributed by atoms with Crippen LogP contribution in [-0.4, -0.2) is 48.1 Å². The lowest BCUT2D eigenvalue weighted by molar-refractivity contribution is -0.128. The van der Waals surface area contributed by atoms with Crippen LogP contribution < -0.4 is 10.6 Å². The molecule has 2 rings (SSSR count). The molecule has 1 unspecified atom stereocenters. The van der Waals surface area contributed by atoms with E-state index in [0.29, 0.717) is 6.04 Å². The highest BCUT2D eigenvalue weighted by Crippen LogP contribution is 2.25. The van der Waals surface area contributed by atoms with Crippen LogP contribution in [0.4, 0.5) is 0 Å². The van der Waals surface area contributed by atoms with E-state index in [2.05, 4.69) is 36.3 Å². The molecule has 0 bridgehead atoms. The Morgan fingerprint density at radius 2 is 2.00 bits per heavy atom. The molecule has 4 nitrogen and oxygen atoms in total. The minimum atomic E-state index is -0.0839. The lowest BCUT2D eigenvalue weighted by Crippen LogP contribution is -2.54. The van der Waals surface area contributed by atoms with Crippen LogP contribution in [-0.2, 0) is 4.79 Å². The second kappa shape index (κ2) is 6.23. The maximum atomic E-state index is 12.5. The normalized spacial score (nSPS) is 26.6. The zero-order chi connectivity index (χ0) is 13.9. The molecule has 0 aromatic rings. The van der Waals surface area contributed by atoms with Gasteiger partial charge in [0.1, 0.15) is 0 Å². The second-order valence-corrected chi connectivity index (χ2v) is 6.60. The van der Waals surface area contributed by atoms with Gasteiger partial charge in [-0.25, -0.2) is 0 Å². The van der Waals surface area contributed by atoms with Crippen LogP contribution in [0.25, 0.3) is 0 Å². The minimum Gasteiger partial charge on any atom is -0.350 e. The standard InChI is InChI=1S/C15H29N3O/c1-4-15(2,3)17-14(19)13-6-5-11-18(13)12-7-9-16-10-8-12/h12-13,16H,4-11H2,1-3H3,(H,17,19). The summed E-state index contributed by atoms with van der Waals surface area (Å²) < 4.78 is 0. The first-order chi connectivity index (χ1) is 9.03. The van der Waals surface area contributed by atoms with Gasteiger partial charge in [-0.2, -0.15) is 0 Å². The van der Waals surface area contributed by atoms with Crippen molar-refractivity contribution in [1.29, 1.82) is 0 Å². The summed E-state index contributed by atoms with van der Waals surface area (Å²) in [6.45, 7) is 9.62. The molecule has 2 aliphatic heterocycles. The molecular formula is C15H29N3O. The van der Waals surface area contributed by atoms with E-state index in [0.717, 1.165) is 38.9 Å². The molecule has 110 valence electrons. The predicted molar refractivity (Wildman–Crippen MR) is 78.1 cm³/mol. The number of nitrogens with zero attached hydrogens (tertiary/aromatic N) is 1. The van der Waals surface area contributed by atoms with Gasteiger partial charge in [0.05, 0.1) is 6.04 Å².